The van der Waals surface area contributed by atoms with Crippen LogP contribution in [0.3, 0.4) is 0 Å². The van der Waals surface area contributed by atoms with Gasteiger partial charge in [-0.1, -0.05) is 11.6 Å². The molecule has 0 spiro atoms. The molecular weight excluding hydrogens is 284 g/mol. The molecule has 0 amide bonds. The Kier molecular flexibility index (Phi) is 4.54. The van der Waals surface area contributed by atoms with Crippen molar-refractivity contribution < 1.29 is 10.0 Å². The van der Waals surface area contributed by atoms with Crippen LogP contribution in [0.2, 0.25) is 5.02 Å². The molecule has 2 rings (SSSR count). The minimum atomic E-state index is -0.521. The van der Waals surface area contributed by atoms with Crippen molar-refractivity contribution in [3.8, 4) is 0 Å². The molecule has 2 N–H and O–H groups in total. The van der Waals surface area contributed by atoms with Crippen molar-refractivity contribution in [2.45, 2.75) is 13.1 Å². The number of rotatable bonds is 6. The Labute approximate surface area is 119 Å². The van der Waals surface area contributed by atoms with E-state index in [1.807, 2.05) is 0 Å². The number of halogens is 1. The zero-order valence-corrected chi connectivity index (χ0v) is 11.2. The fourth-order valence-corrected chi connectivity index (χ4v) is 1.88. The Hall–Kier alpha value is -2.12. The highest BCUT2D eigenvalue weighted by Gasteiger charge is 2.12. The molecule has 1 heterocycles. The number of nitro groups is 1. The lowest BCUT2D eigenvalue weighted by molar-refractivity contribution is -0.384. The van der Waals surface area contributed by atoms with Crippen LogP contribution >= 0.6 is 11.6 Å². The van der Waals surface area contributed by atoms with E-state index in [1.54, 1.807) is 23.1 Å². The topological polar surface area (TPSA) is 93.2 Å². The summed E-state index contributed by atoms with van der Waals surface area (Å²) >= 11 is 5.74. The van der Waals surface area contributed by atoms with E-state index >= 15 is 0 Å². The van der Waals surface area contributed by atoms with E-state index in [1.165, 1.54) is 12.1 Å². The predicted molar refractivity (Wildman–Crippen MR) is 74.7 cm³/mol. The van der Waals surface area contributed by atoms with Crippen molar-refractivity contribution in [2.75, 3.05) is 11.9 Å². The number of aromatic nitrogens is 2. The molecular formula is C12H13ClN4O3. The summed E-state index contributed by atoms with van der Waals surface area (Å²) in [5, 5.41) is 26.8. The molecule has 0 bridgehead atoms. The number of nitrogens with zero attached hydrogens (tertiary/aromatic N) is 3. The molecule has 0 saturated carbocycles. The molecule has 1 aromatic carbocycles. The molecule has 0 radical (unpaired) electrons. The third kappa shape index (κ3) is 3.46. The summed E-state index contributed by atoms with van der Waals surface area (Å²) in [4.78, 5) is 10.3. The number of anilines is 1. The van der Waals surface area contributed by atoms with Crippen LogP contribution in [0, 0.1) is 10.1 Å². The smallest absolute Gasteiger partial charge is 0.289 e. The number of benzene rings is 1. The van der Waals surface area contributed by atoms with E-state index in [2.05, 4.69) is 10.4 Å². The largest absolute Gasteiger partial charge is 0.394 e. The maximum Gasteiger partial charge on any atom is 0.289 e. The lowest BCUT2D eigenvalue weighted by Gasteiger charge is -2.05. The second-order valence-corrected chi connectivity index (χ2v) is 4.52. The SMILES string of the molecule is O=[N+]([O-])c1cc(NCc2cnn(CCO)c2)ccc1Cl. The second-order valence-electron chi connectivity index (χ2n) is 4.11. The molecule has 0 atom stereocenters. The average molecular weight is 297 g/mol. The van der Waals surface area contributed by atoms with Gasteiger partial charge >= 0.3 is 0 Å². The van der Waals surface area contributed by atoms with Gasteiger partial charge in [0.05, 0.1) is 24.3 Å². The third-order valence-corrected chi connectivity index (χ3v) is 2.97. The van der Waals surface area contributed by atoms with Crippen LogP contribution in [0.15, 0.2) is 30.6 Å². The fourth-order valence-electron chi connectivity index (χ4n) is 1.69. The first-order valence-corrected chi connectivity index (χ1v) is 6.28. The molecule has 2 aromatic rings. The Morgan fingerprint density at radius 1 is 1.50 bits per heavy atom. The van der Waals surface area contributed by atoms with Gasteiger partial charge in [-0.2, -0.15) is 5.10 Å². The van der Waals surface area contributed by atoms with E-state index in [4.69, 9.17) is 16.7 Å². The number of aliphatic hydroxyl groups excluding tert-OH is 1. The van der Waals surface area contributed by atoms with Crippen LogP contribution in [-0.4, -0.2) is 26.4 Å². The monoisotopic (exact) mass is 296 g/mol. The van der Waals surface area contributed by atoms with Gasteiger partial charge in [0, 0.05) is 30.1 Å². The molecule has 106 valence electrons. The van der Waals surface area contributed by atoms with Gasteiger partial charge in [0.1, 0.15) is 5.02 Å². The van der Waals surface area contributed by atoms with Crippen LogP contribution in [-0.2, 0) is 13.1 Å². The molecule has 0 fully saturated rings. The van der Waals surface area contributed by atoms with E-state index in [-0.39, 0.29) is 17.3 Å². The Balaban J connectivity index is 2.03. The van der Waals surface area contributed by atoms with Crippen LogP contribution in [0.25, 0.3) is 0 Å². The number of aliphatic hydroxyl groups is 1. The van der Waals surface area contributed by atoms with Gasteiger partial charge in [0.2, 0.25) is 0 Å². The van der Waals surface area contributed by atoms with Crippen LogP contribution in [0.4, 0.5) is 11.4 Å². The van der Waals surface area contributed by atoms with Crippen molar-refractivity contribution in [3.63, 3.8) is 0 Å². The van der Waals surface area contributed by atoms with Gasteiger partial charge in [-0.3, -0.25) is 14.8 Å². The summed E-state index contributed by atoms with van der Waals surface area (Å²) in [6, 6.07) is 4.55. The van der Waals surface area contributed by atoms with Gasteiger partial charge in [-0.15, -0.1) is 0 Å². The predicted octanol–water partition coefficient (Wildman–Crippen LogP) is 2.05. The normalized spacial score (nSPS) is 10.5. The number of nitrogens with one attached hydrogen (secondary N) is 1. The Morgan fingerprint density at radius 3 is 3.00 bits per heavy atom. The van der Waals surface area contributed by atoms with Crippen molar-refractivity contribution in [2.24, 2.45) is 0 Å². The standard InChI is InChI=1S/C12H13ClN4O3/c13-11-2-1-10(5-12(11)17(19)20)14-6-9-7-15-16(8-9)3-4-18/h1-2,5,7-8,14,18H,3-4,6H2. The van der Waals surface area contributed by atoms with Crippen LogP contribution in [0.1, 0.15) is 5.56 Å². The number of hydrogen-bond donors (Lipinski definition) is 2. The highest BCUT2D eigenvalue weighted by Crippen LogP contribution is 2.27. The lowest BCUT2D eigenvalue weighted by Crippen LogP contribution is -2.02. The molecule has 8 heteroatoms. The zero-order valence-electron chi connectivity index (χ0n) is 10.5. The van der Waals surface area contributed by atoms with Crippen molar-refractivity contribution >= 4 is 23.0 Å². The minimum Gasteiger partial charge on any atom is -0.394 e. The van der Waals surface area contributed by atoms with Crippen molar-refractivity contribution in [3.05, 3.63) is 51.3 Å². The van der Waals surface area contributed by atoms with Gasteiger partial charge in [0.15, 0.2) is 0 Å². The maximum atomic E-state index is 10.8. The number of hydrogen-bond acceptors (Lipinski definition) is 5. The molecule has 7 nitrogen and oxygen atoms in total. The first-order chi connectivity index (χ1) is 9.60. The summed E-state index contributed by atoms with van der Waals surface area (Å²) in [6.45, 7) is 0.939. The van der Waals surface area contributed by atoms with Crippen LogP contribution in [0.5, 0.6) is 0 Å². The Bertz CT molecular complexity index is 614. The van der Waals surface area contributed by atoms with Gasteiger partial charge in [-0.05, 0) is 12.1 Å². The molecule has 0 aliphatic rings. The highest BCUT2D eigenvalue weighted by molar-refractivity contribution is 6.32. The van der Waals surface area contributed by atoms with Gasteiger partial charge in [-0.25, -0.2) is 0 Å². The lowest BCUT2D eigenvalue weighted by atomic mass is 10.2. The molecule has 0 unspecified atom stereocenters. The van der Waals surface area contributed by atoms with Crippen LogP contribution < -0.4 is 5.32 Å². The number of nitro benzene ring substituents is 1. The summed E-state index contributed by atoms with van der Waals surface area (Å²) in [7, 11) is 0. The maximum absolute atomic E-state index is 10.8. The molecule has 0 aliphatic carbocycles. The van der Waals surface area contributed by atoms with Crippen molar-refractivity contribution in [1.29, 1.82) is 0 Å². The van der Waals surface area contributed by atoms with E-state index in [0.717, 1.165) is 5.56 Å². The van der Waals surface area contributed by atoms with E-state index < -0.39 is 4.92 Å². The Morgan fingerprint density at radius 2 is 2.30 bits per heavy atom. The minimum absolute atomic E-state index is 0.0257. The molecule has 1 aromatic heterocycles. The molecule has 0 aliphatic heterocycles. The molecule has 0 saturated heterocycles. The summed E-state index contributed by atoms with van der Waals surface area (Å²) < 4.78 is 1.63. The quantitative estimate of drug-likeness (QED) is 0.628. The van der Waals surface area contributed by atoms with E-state index in [9.17, 15) is 10.1 Å². The van der Waals surface area contributed by atoms with Crippen molar-refractivity contribution in [1.82, 2.24) is 9.78 Å². The average Bonchev–Trinajstić information content (AvgIpc) is 2.86. The summed E-state index contributed by atoms with van der Waals surface area (Å²) in [5.74, 6) is 0. The van der Waals surface area contributed by atoms with Gasteiger partial charge in [0.25, 0.3) is 5.69 Å². The van der Waals surface area contributed by atoms with E-state index in [0.29, 0.717) is 18.8 Å². The summed E-state index contributed by atoms with van der Waals surface area (Å²) in [6.07, 6.45) is 3.47. The first kappa shape index (κ1) is 14.3. The van der Waals surface area contributed by atoms with Gasteiger partial charge < -0.3 is 10.4 Å². The molecule has 20 heavy (non-hydrogen) atoms. The second kappa shape index (κ2) is 6.36. The third-order valence-electron chi connectivity index (χ3n) is 2.66. The summed E-state index contributed by atoms with van der Waals surface area (Å²) in [5.41, 5.74) is 1.39. The zero-order chi connectivity index (χ0) is 14.5. The fraction of sp³-hybridized carbons (Fsp3) is 0.250. The first-order valence-electron chi connectivity index (χ1n) is 5.90. The highest BCUT2D eigenvalue weighted by atomic mass is 35.5.